The van der Waals surface area contributed by atoms with E-state index >= 15 is 0 Å². The molecule has 160 valence electrons. The van der Waals surface area contributed by atoms with Crippen molar-refractivity contribution < 1.29 is 19.1 Å². The van der Waals surface area contributed by atoms with Crippen molar-refractivity contribution in [3.63, 3.8) is 0 Å². The predicted molar refractivity (Wildman–Crippen MR) is 115 cm³/mol. The summed E-state index contributed by atoms with van der Waals surface area (Å²) < 4.78 is 8.02. The second-order valence-electron chi connectivity index (χ2n) is 7.23. The predicted octanol–water partition coefficient (Wildman–Crippen LogP) is 1.65. The monoisotopic (exact) mass is 439 g/mol. The number of ether oxygens (including phenoxy) is 1. The van der Waals surface area contributed by atoms with Gasteiger partial charge in [0.1, 0.15) is 17.8 Å². The summed E-state index contributed by atoms with van der Waals surface area (Å²) in [4.78, 5) is 39.3. The van der Waals surface area contributed by atoms with Crippen LogP contribution in [0.5, 0.6) is 5.75 Å². The van der Waals surface area contributed by atoms with E-state index in [1.807, 2.05) is 35.9 Å². The number of para-hydroxylation sites is 1. The number of amides is 4. The molecular formula is C21H21N5O4S. The van der Waals surface area contributed by atoms with E-state index in [0.717, 1.165) is 15.1 Å². The average Bonchev–Trinajstić information content (AvgIpc) is 3.21. The van der Waals surface area contributed by atoms with E-state index in [1.165, 1.54) is 11.3 Å². The lowest BCUT2D eigenvalue weighted by molar-refractivity contribution is -0.134. The first-order chi connectivity index (χ1) is 14.8. The van der Waals surface area contributed by atoms with Crippen LogP contribution in [-0.4, -0.2) is 41.0 Å². The minimum atomic E-state index is -1.27. The fourth-order valence-electron chi connectivity index (χ4n) is 3.44. The van der Waals surface area contributed by atoms with Gasteiger partial charge >= 0.3 is 6.03 Å². The normalized spacial score (nSPS) is 19.1. The Morgan fingerprint density at radius 3 is 2.58 bits per heavy atom. The van der Waals surface area contributed by atoms with Gasteiger partial charge in [0, 0.05) is 7.05 Å². The number of rotatable bonds is 5. The molecule has 10 heteroatoms. The molecule has 2 N–H and O–H groups in total. The van der Waals surface area contributed by atoms with Crippen LogP contribution in [0.2, 0.25) is 0 Å². The number of fused-ring (bicyclic) bond motifs is 1. The van der Waals surface area contributed by atoms with E-state index in [2.05, 4.69) is 15.8 Å². The molecule has 2 aromatic carbocycles. The van der Waals surface area contributed by atoms with E-state index in [1.54, 1.807) is 38.3 Å². The van der Waals surface area contributed by atoms with Gasteiger partial charge in [-0.15, -0.1) is 5.10 Å². The summed E-state index contributed by atoms with van der Waals surface area (Å²) in [5.74, 6) is -0.443. The molecular weight excluding hydrogens is 418 g/mol. The second kappa shape index (κ2) is 7.88. The zero-order chi connectivity index (χ0) is 22.2. The zero-order valence-electron chi connectivity index (χ0n) is 17.2. The van der Waals surface area contributed by atoms with E-state index in [4.69, 9.17) is 4.74 Å². The number of nitrogens with zero attached hydrogens (tertiary/aromatic N) is 3. The van der Waals surface area contributed by atoms with Crippen molar-refractivity contribution in [3.05, 3.63) is 58.9 Å². The summed E-state index contributed by atoms with van der Waals surface area (Å²) in [7, 11) is 3.39. The smallest absolute Gasteiger partial charge is 0.325 e. The molecule has 3 aromatic rings. The maximum Gasteiger partial charge on any atom is 0.325 e. The Kier molecular flexibility index (Phi) is 5.24. The number of carbonyl (C=O) groups is 3. The van der Waals surface area contributed by atoms with Crippen LogP contribution in [0.25, 0.3) is 10.2 Å². The maximum atomic E-state index is 13.0. The first kappa shape index (κ1) is 20.6. The van der Waals surface area contributed by atoms with Gasteiger partial charge in [-0.05, 0) is 36.8 Å². The van der Waals surface area contributed by atoms with Crippen LogP contribution in [0.4, 0.5) is 4.79 Å². The van der Waals surface area contributed by atoms with Gasteiger partial charge in [0.15, 0.2) is 0 Å². The standard InChI is InChI=1S/C21H21N5O4S/c1-21(13-8-10-14(30-3)11-9-13)18(28)26(19(29)22-21)12-17(27)23-24-20-25(2)15-6-4-5-7-16(15)31-20/h4-11H,12H2,1-3H3,(H,22,29)(H,23,27)/b24-20+. The Hall–Kier alpha value is -3.66. The highest BCUT2D eigenvalue weighted by atomic mass is 32.1. The number of benzene rings is 2. The number of methoxy groups -OCH3 is 1. The lowest BCUT2D eigenvalue weighted by Gasteiger charge is -2.22. The van der Waals surface area contributed by atoms with Crippen LogP contribution in [0, 0.1) is 0 Å². The SMILES string of the molecule is COc1ccc(C2(C)NC(=O)N(CC(=O)N/N=c3/sc4ccccc4n3C)C2=O)cc1. The van der Waals surface area contributed by atoms with Gasteiger partial charge in [-0.3, -0.25) is 14.5 Å². The minimum Gasteiger partial charge on any atom is -0.497 e. The average molecular weight is 439 g/mol. The molecule has 0 bridgehead atoms. The van der Waals surface area contributed by atoms with Gasteiger partial charge in [0.2, 0.25) is 4.80 Å². The Labute approximate surface area is 181 Å². The van der Waals surface area contributed by atoms with Gasteiger partial charge in [-0.2, -0.15) is 0 Å². The van der Waals surface area contributed by atoms with Crippen molar-refractivity contribution in [2.45, 2.75) is 12.5 Å². The van der Waals surface area contributed by atoms with Crippen LogP contribution in [0.1, 0.15) is 12.5 Å². The van der Waals surface area contributed by atoms with Crippen molar-refractivity contribution >= 4 is 39.4 Å². The molecule has 1 saturated heterocycles. The topological polar surface area (TPSA) is 105 Å². The summed E-state index contributed by atoms with van der Waals surface area (Å²) >= 11 is 1.42. The number of thiazole rings is 1. The van der Waals surface area contributed by atoms with Gasteiger partial charge in [-0.25, -0.2) is 10.2 Å². The Morgan fingerprint density at radius 1 is 1.19 bits per heavy atom. The van der Waals surface area contributed by atoms with Gasteiger partial charge in [-0.1, -0.05) is 35.6 Å². The maximum absolute atomic E-state index is 13.0. The lowest BCUT2D eigenvalue weighted by atomic mass is 9.92. The number of urea groups is 1. The Morgan fingerprint density at radius 2 is 1.90 bits per heavy atom. The number of aryl methyl sites for hydroxylation is 1. The summed E-state index contributed by atoms with van der Waals surface area (Å²) in [5, 5.41) is 6.82. The highest BCUT2D eigenvalue weighted by Crippen LogP contribution is 2.29. The third-order valence-corrected chi connectivity index (χ3v) is 6.35. The number of aromatic nitrogens is 1. The molecule has 1 fully saturated rings. The summed E-state index contributed by atoms with van der Waals surface area (Å²) in [6, 6.07) is 14.0. The fraction of sp³-hybridized carbons (Fsp3) is 0.238. The fourth-order valence-corrected chi connectivity index (χ4v) is 4.42. The number of hydrogen-bond acceptors (Lipinski definition) is 6. The third-order valence-electron chi connectivity index (χ3n) is 5.24. The zero-order valence-corrected chi connectivity index (χ0v) is 18.0. The number of hydrogen-bond donors (Lipinski definition) is 2. The first-order valence-corrected chi connectivity index (χ1v) is 10.3. The first-order valence-electron chi connectivity index (χ1n) is 9.49. The molecule has 9 nitrogen and oxygen atoms in total. The lowest BCUT2D eigenvalue weighted by Crippen LogP contribution is -2.42. The molecule has 0 spiro atoms. The van der Waals surface area contributed by atoms with Gasteiger partial charge in [0.05, 0.1) is 17.3 Å². The van der Waals surface area contributed by atoms with Gasteiger partial charge < -0.3 is 14.6 Å². The molecule has 1 aromatic heterocycles. The van der Waals surface area contributed by atoms with Crippen molar-refractivity contribution in [2.24, 2.45) is 12.1 Å². The number of carbonyl (C=O) groups excluding carboxylic acids is 3. The second-order valence-corrected chi connectivity index (χ2v) is 8.24. The highest BCUT2D eigenvalue weighted by Gasteiger charge is 2.49. The number of imide groups is 1. The van der Waals surface area contributed by atoms with Crippen molar-refractivity contribution in [1.29, 1.82) is 0 Å². The van der Waals surface area contributed by atoms with Crippen LogP contribution in [0.15, 0.2) is 53.6 Å². The molecule has 1 aliphatic heterocycles. The molecule has 0 radical (unpaired) electrons. The van der Waals surface area contributed by atoms with Crippen LogP contribution >= 0.6 is 11.3 Å². The third kappa shape index (κ3) is 3.66. The summed E-state index contributed by atoms with van der Waals surface area (Å²) in [6.45, 7) is 1.17. The van der Waals surface area contributed by atoms with Crippen LogP contribution in [0.3, 0.4) is 0 Å². The van der Waals surface area contributed by atoms with E-state index < -0.39 is 29.9 Å². The molecule has 0 aliphatic carbocycles. The van der Waals surface area contributed by atoms with Crippen LogP contribution < -0.4 is 20.3 Å². The molecule has 4 amide bonds. The number of nitrogens with one attached hydrogen (secondary N) is 2. The van der Waals surface area contributed by atoms with Gasteiger partial charge in [0.25, 0.3) is 11.8 Å². The largest absolute Gasteiger partial charge is 0.497 e. The van der Waals surface area contributed by atoms with Crippen molar-refractivity contribution in [2.75, 3.05) is 13.7 Å². The highest BCUT2D eigenvalue weighted by molar-refractivity contribution is 7.16. The quantitative estimate of drug-likeness (QED) is 0.466. The Bertz CT molecular complexity index is 1250. The van der Waals surface area contributed by atoms with Crippen molar-refractivity contribution in [1.82, 2.24) is 20.2 Å². The molecule has 1 aliphatic rings. The van der Waals surface area contributed by atoms with Crippen LogP contribution in [-0.2, 0) is 22.2 Å². The molecule has 1 unspecified atom stereocenters. The molecule has 1 atom stereocenters. The molecule has 2 heterocycles. The van der Waals surface area contributed by atoms with E-state index in [0.29, 0.717) is 16.1 Å². The van der Waals surface area contributed by atoms with Crippen molar-refractivity contribution in [3.8, 4) is 5.75 Å². The minimum absolute atomic E-state index is 0.436. The van der Waals surface area contributed by atoms with E-state index in [9.17, 15) is 14.4 Å². The molecule has 0 saturated carbocycles. The molecule has 31 heavy (non-hydrogen) atoms. The Balaban J connectivity index is 1.49. The summed E-state index contributed by atoms with van der Waals surface area (Å²) in [6.07, 6.45) is 0. The van der Waals surface area contributed by atoms with E-state index in [-0.39, 0.29) is 0 Å². The summed E-state index contributed by atoms with van der Waals surface area (Å²) in [5.41, 5.74) is 2.76. The molecule has 4 rings (SSSR count).